The van der Waals surface area contributed by atoms with Crippen LogP contribution in [0.4, 0.5) is 32.2 Å². The summed E-state index contributed by atoms with van der Waals surface area (Å²) in [5.41, 5.74) is -3.13. The van der Waals surface area contributed by atoms with Crippen LogP contribution in [0.1, 0.15) is 17.0 Å². The summed E-state index contributed by atoms with van der Waals surface area (Å²) in [5, 5.41) is 4.05. The van der Waals surface area contributed by atoms with Gasteiger partial charge in [-0.3, -0.25) is 5.01 Å². The zero-order valence-electron chi connectivity index (χ0n) is 15.4. The zero-order chi connectivity index (χ0) is 23.3. The molecule has 0 saturated carbocycles. The average molecular weight is 487 g/mol. The molecule has 3 heterocycles. The molecule has 0 amide bonds. The fourth-order valence-corrected chi connectivity index (χ4v) is 3.14. The summed E-state index contributed by atoms with van der Waals surface area (Å²) in [4.78, 5) is 20.0. The highest BCUT2D eigenvalue weighted by Gasteiger charge is 2.33. The van der Waals surface area contributed by atoms with E-state index in [1.54, 1.807) is 0 Å². The number of aromatic nitrogens is 5. The topological polar surface area (TPSA) is 68.8 Å². The average Bonchev–Trinajstić information content (AvgIpc) is 2.93. The Bertz CT molecular complexity index is 1200. The van der Waals surface area contributed by atoms with Crippen molar-refractivity contribution in [3.8, 4) is 5.82 Å². The predicted octanol–water partition coefficient (Wildman–Crippen LogP) is 4.38. The molecule has 0 aliphatic heterocycles. The number of rotatable bonds is 3. The molecule has 3 aromatic rings. The van der Waals surface area contributed by atoms with E-state index in [0.29, 0.717) is 29.2 Å². The molecule has 0 saturated heterocycles. The molecule has 31 heavy (non-hydrogen) atoms. The number of aryl methyl sites for hydroxylation is 1. The van der Waals surface area contributed by atoms with Gasteiger partial charge < -0.3 is 0 Å². The molecular weight excluding hydrogens is 477 g/mol. The quantitative estimate of drug-likeness (QED) is 0.514. The third kappa shape index (κ3) is 4.32. The van der Waals surface area contributed by atoms with Crippen molar-refractivity contribution in [2.45, 2.75) is 19.3 Å². The highest BCUT2D eigenvalue weighted by molar-refractivity contribution is 6.33. The van der Waals surface area contributed by atoms with Crippen molar-refractivity contribution in [2.24, 2.45) is 0 Å². The van der Waals surface area contributed by atoms with Crippen LogP contribution < -0.4 is 10.7 Å². The fraction of sp³-hybridized carbons (Fsp3) is 0.250. The summed E-state index contributed by atoms with van der Waals surface area (Å²) in [7, 11) is 1.28. The summed E-state index contributed by atoms with van der Waals surface area (Å²) >= 11 is 11.8. The van der Waals surface area contributed by atoms with E-state index in [1.165, 1.54) is 14.0 Å². The number of halogens is 8. The molecule has 0 fully saturated rings. The molecule has 0 N–H and O–H groups in total. The van der Waals surface area contributed by atoms with E-state index in [-0.39, 0.29) is 17.5 Å². The van der Waals surface area contributed by atoms with Crippen LogP contribution in [-0.4, -0.2) is 31.5 Å². The fourth-order valence-electron chi connectivity index (χ4n) is 2.60. The standard InChI is InChI=1S/C16H10Cl2F6N6O/c1-7-27-29(13-11(18)4-9(6-26-13)16(22,23)24)14(31)30(7)28(2)12-10(17)3-8(5-25-12)15(19,20)21/h3-6H,1-2H3. The highest BCUT2D eigenvalue weighted by atomic mass is 35.5. The SMILES string of the molecule is Cc1nn(-c2ncc(C(F)(F)F)cc2Cl)c(=O)n1N(C)c1ncc(C(F)(F)F)cc1Cl. The predicted molar refractivity (Wildman–Crippen MR) is 98.4 cm³/mol. The number of pyridine rings is 2. The highest BCUT2D eigenvalue weighted by Crippen LogP contribution is 2.34. The Balaban J connectivity index is 2.06. The Morgan fingerprint density at radius 3 is 1.94 bits per heavy atom. The molecule has 0 atom stereocenters. The van der Waals surface area contributed by atoms with Gasteiger partial charge in [-0.15, -0.1) is 5.10 Å². The van der Waals surface area contributed by atoms with Gasteiger partial charge in [-0.2, -0.15) is 35.7 Å². The maximum atomic E-state index is 12.8. The van der Waals surface area contributed by atoms with Gasteiger partial charge in [0.2, 0.25) is 0 Å². The molecule has 0 radical (unpaired) electrons. The van der Waals surface area contributed by atoms with Crippen molar-refractivity contribution in [1.82, 2.24) is 24.4 Å². The molecule has 166 valence electrons. The third-order valence-electron chi connectivity index (χ3n) is 4.02. The first kappa shape index (κ1) is 22.9. The van der Waals surface area contributed by atoms with Crippen LogP contribution in [0.3, 0.4) is 0 Å². The molecule has 3 aromatic heterocycles. The molecule has 0 aromatic carbocycles. The summed E-state index contributed by atoms with van der Waals surface area (Å²) in [5.74, 6) is -0.574. The Labute approximate surface area is 179 Å². The van der Waals surface area contributed by atoms with Crippen LogP contribution in [-0.2, 0) is 12.4 Å². The monoisotopic (exact) mass is 486 g/mol. The molecule has 15 heteroatoms. The molecular formula is C16H10Cl2F6N6O. The van der Waals surface area contributed by atoms with E-state index in [1.807, 2.05) is 0 Å². The molecule has 7 nitrogen and oxygen atoms in total. The van der Waals surface area contributed by atoms with E-state index >= 15 is 0 Å². The van der Waals surface area contributed by atoms with Gasteiger partial charge in [0, 0.05) is 19.4 Å². The molecule has 0 spiro atoms. The maximum absolute atomic E-state index is 12.8. The lowest BCUT2D eigenvalue weighted by Crippen LogP contribution is -2.37. The van der Waals surface area contributed by atoms with Crippen LogP contribution in [0.5, 0.6) is 0 Å². The van der Waals surface area contributed by atoms with Gasteiger partial charge in [0.05, 0.1) is 21.2 Å². The Hall–Kier alpha value is -2.80. The van der Waals surface area contributed by atoms with Crippen LogP contribution >= 0.6 is 23.2 Å². The van der Waals surface area contributed by atoms with E-state index in [9.17, 15) is 31.1 Å². The molecule has 0 aliphatic carbocycles. The van der Waals surface area contributed by atoms with Gasteiger partial charge in [0.1, 0.15) is 0 Å². The van der Waals surface area contributed by atoms with Gasteiger partial charge in [-0.25, -0.2) is 14.8 Å². The smallest absolute Gasteiger partial charge is 0.260 e. The van der Waals surface area contributed by atoms with Crippen molar-refractivity contribution < 1.29 is 26.3 Å². The van der Waals surface area contributed by atoms with Gasteiger partial charge in [0.15, 0.2) is 17.5 Å². The van der Waals surface area contributed by atoms with Crippen molar-refractivity contribution in [3.63, 3.8) is 0 Å². The van der Waals surface area contributed by atoms with Crippen LogP contribution in [0.25, 0.3) is 5.82 Å². The second-order valence-electron chi connectivity index (χ2n) is 6.13. The third-order valence-corrected chi connectivity index (χ3v) is 4.58. The number of anilines is 1. The molecule has 3 rings (SSSR count). The van der Waals surface area contributed by atoms with Gasteiger partial charge >= 0.3 is 18.0 Å². The number of hydrogen-bond donors (Lipinski definition) is 0. The van der Waals surface area contributed by atoms with Crippen molar-refractivity contribution in [1.29, 1.82) is 0 Å². The Morgan fingerprint density at radius 1 is 0.935 bits per heavy atom. The minimum atomic E-state index is -4.69. The maximum Gasteiger partial charge on any atom is 0.417 e. The van der Waals surface area contributed by atoms with E-state index < -0.39 is 39.2 Å². The first-order chi connectivity index (χ1) is 14.2. The van der Waals surface area contributed by atoms with Crippen molar-refractivity contribution in [3.05, 3.63) is 62.0 Å². The second kappa shape index (κ2) is 7.71. The normalized spacial score (nSPS) is 12.3. The zero-order valence-corrected chi connectivity index (χ0v) is 16.9. The number of hydrogen-bond acceptors (Lipinski definition) is 5. The van der Waals surface area contributed by atoms with Crippen molar-refractivity contribution >= 4 is 29.0 Å². The Morgan fingerprint density at radius 2 is 1.45 bits per heavy atom. The first-order valence-electron chi connectivity index (χ1n) is 8.10. The molecule has 0 aliphatic rings. The van der Waals surface area contributed by atoms with E-state index in [0.717, 1.165) is 9.69 Å². The summed E-state index contributed by atoms with van der Waals surface area (Å²) in [6.45, 7) is 1.37. The van der Waals surface area contributed by atoms with Gasteiger partial charge in [-0.05, 0) is 19.1 Å². The summed E-state index contributed by atoms with van der Waals surface area (Å²) < 4.78 is 78.4. The minimum Gasteiger partial charge on any atom is -0.260 e. The molecule has 0 bridgehead atoms. The minimum absolute atomic E-state index is 0.00280. The van der Waals surface area contributed by atoms with E-state index in [2.05, 4.69) is 15.1 Å². The molecule has 0 unspecified atom stereocenters. The van der Waals surface area contributed by atoms with Crippen LogP contribution in [0, 0.1) is 6.92 Å². The lowest BCUT2D eigenvalue weighted by molar-refractivity contribution is -0.138. The number of alkyl halides is 6. The van der Waals surface area contributed by atoms with Crippen LogP contribution in [0.15, 0.2) is 29.3 Å². The second-order valence-corrected chi connectivity index (χ2v) is 6.95. The first-order valence-corrected chi connectivity index (χ1v) is 8.86. The van der Waals surface area contributed by atoms with Gasteiger partial charge in [0.25, 0.3) is 0 Å². The van der Waals surface area contributed by atoms with Crippen LogP contribution in [0.2, 0.25) is 10.0 Å². The van der Waals surface area contributed by atoms with Gasteiger partial charge in [-0.1, -0.05) is 23.2 Å². The lowest BCUT2D eigenvalue weighted by atomic mass is 10.3. The largest absolute Gasteiger partial charge is 0.417 e. The Kier molecular flexibility index (Phi) is 5.69. The van der Waals surface area contributed by atoms with Crippen molar-refractivity contribution in [2.75, 3.05) is 12.1 Å². The number of nitrogens with zero attached hydrogens (tertiary/aromatic N) is 6. The summed E-state index contributed by atoms with van der Waals surface area (Å²) in [6.07, 6.45) is -8.34. The van der Waals surface area contributed by atoms with E-state index in [4.69, 9.17) is 23.2 Å². The summed E-state index contributed by atoms with van der Waals surface area (Å²) in [6, 6.07) is 1.22. The lowest BCUT2D eigenvalue weighted by Gasteiger charge is -2.20.